The van der Waals surface area contributed by atoms with Crippen molar-refractivity contribution in [1.82, 2.24) is 4.98 Å². The number of benzene rings is 2. The molecule has 1 saturated heterocycles. The van der Waals surface area contributed by atoms with E-state index in [4.69, 9.17) is 4.98 Å². The Kier molecular flexibility index (Phi) is 5.00. The second-order valence-electron chi connectivity index (χ2n) is 8.16. The van der Waals surface area contributed by atoms with E-state index in [2.05, 4.69) is 23.5 Å². The molecular weight excluding hydrogens is 396 g/mol. The molecule has 6 nitrogen and oxygen atoms in total. The molecule has 0 saturated carbocycles. The Morgan fingerprint density at radius 1 is 1.17 bits per heavy atom. The quantitative estimate of drug-likeness (QED) is 0.683. The maximum atomic E-state index is 13.3. The van der Waals surface area contributed by atoms with Gasteiger partial charge in [0.1, 0.15) is 6.54 Å². The summed E-state index contributed by atoms with van der Waals surface area (Å²) in [6.45, 7) is 3.96. The topological polar surface area (TPSA) is 66.7 Å². The number of para-hydroxylation sites is 3. The number of rotatable bonds is 3. The van der Waals surface area contributed by atoms with Crippen molar-refractivity contribution in [2.45, 2.75) is 31.7 Å². The number of carbonyl (C=O) groups excluding carboxylic acids is 2. The molecule has 30 heavy (non-hydrogen) atoms. The third-order valence-corrected chi connectivity index (χ3v) is 7.51. The Balaban J connectivity index is 1.27. The van der Waals surface area contributed by atoms with E-state index in [1.54, 1.807) is 16.2 Å². The van der Waals surface area contributed by atoms with Crippen LogP contribution in [0.5, 0.6) is 0 Å². The predicted molar refractivity (Wildman–Crippen MR) is 119 cm³/mol. The maximum absolute atomic E-state index is 13.3. The standard InChI is InChI=1S/C23H24N4O2S/c1-15(23(29)27-14-21(28)24-17-6-2-4-8-19(17)27)26-12-10-16(11-13-26)22-25-18-7-3-5-9-20(18)30-22/h2-9,15-16H,10-14H2,1H3,(H,24,28)/p+1/t15-/m0/s1. The summed E-state index contributed by atoms with van der Waals surface area (Å²) in [7, 11) is 0. The zero-order chi connectivity index (χ0) is 20.7. The monoisotopic (exact) mass is 421 g/mol. The van der Waals surface area contributed by atoms with Crippen molar-refractivity contribution in [3.63, 3.8) is 0 Å². The van der Waals surface area contributed by atoms with Crippen LogP contribution in [-0.2, 0) is 9.59 Å². The summed E-state index contributed by atoms with van der Waals surface area (Å²) < 4.78 is 1.24. The molecule has 3 aromatic rings. The van der Waals surface area contributed by atoms with Crippen molar-refractivity contribution in [2.24, 2.45) is 0 Å². The van der Waals surface area contributed by atoms with Gasteiger partial charge in [0.15, 0.2) is 6.04 Å². The minimum Gasteiger partial charge on any atom is -0.325 e. The van der Waals surface area contributed by atoms with E-state index in [-0.39, 0.29) is 24.4 Å². The van der Waals surface area contributed by atoms with E-state index in [1.165, 1.54) is 14.6 Å². The Morgan fingerprint density at radius 2 is 1.90 bits per heavy atom. The molecule has 2 aromatic carbocycles. The van der Waals surface area contributed by atoms with Crippen LogP contribution in [0.15, 0.2) is 48.5 Å². The van der Waals surface area contributed by atoms with Crippen molar-refractivity contribution < 1.29 is 14.5 Å². The van der Waals surface area contributed by atoms with Crippen LogP contribution in [-0.4, -0.2) is 42.5 Å². The highest BCUT2D eigenvalue weighted by atomic mass is 32.1. The van der Waals surface area contributed by atoms with Crippen LogP contribution in [0.4, 0.5) is 11.4 Å². The van der Waals surface area contributed by atoms with E-state index in [0.29, 0.717) is 11.6 Å². The number of quaternary nitrogens is 1. The highest BCUT2D eigenvalue weighted by Gasteiger charge is 2.36. The lowest BCUT2D eigenvalue weighted by Crippen LogP contribution is -3.17. The van der Waals surface area contributed by atoms with E-state index in [1.807, 2.05) is 37.3 Å². The summed E-state index contributed by atoms with van der Waals surface area (Å²) in [5.74, 6) is 0.347. The van der Waals surface area contributed by atoms with Gasteiger partial charge >= 0.3 is 0 Å². The highest BCUT2D eigenvalue weighted by molar-refractivity contribution is 7.18. The number of hydrogen-bond acceptors (Lipinski definition) is 4. The average molecular weight is 422 g/mol. The van der Waals surface area contributed by atoms with Gasteiger partial charge in [-0.1, -0.05) is 24.3 Å². The Morgan fingerprint density at radius 3 is 2.70 bits per heavy atom. The summed E-state index contributed by atoms with van der Waals surface area (Å²) in [4.78, 5) is 33.2. The van der Waals surface area contributed by atoms with Gasteiger partial charge < -0.3 is 10.2 Å². The van der Waals surface area contributed by atoms with Crippen LogP contribution in [0.2, 0.25) is 0 Å². The fraction of sp³-hybridized carbons (Fsp3) is 0.348. The minimum absolute atomic E-state index is 0.0192. The van der Waals surface area contributed by atoms with Gasteiger partial charge in [0.05, 0.1) is 39.7 Å². The third-order valence-electron chi connectivity index (χ3n) is 6.31. The molecule has 154 valence electrons. The van der Waals surface area contributed by atoms with Crippen LogP contribution in [0.1, 0.15) is 30.7 Å². The van der Waals surface area contributed by atoms with Gasteiger partial charge in [0, 0.05) is 18.8 Å². The summed E-state index contributed by atoms with van der Waals surface area (Å²) in [6, 6.07) is 15.6. The van der Waals surface area contributed by atoms with E-state index in [9.17, 15) is 9.59 Å². The van der Waals surface area contributed by atoms with Crippen molar-refractivity contribution in [2.75, 3.05) is 29.9 Å². The normalized spacial score (nSPS) is 22.4. The van der Waals surface area contributed by atoms with Crippen LogP contribution in [0.3, 0.4) is 0 Å². The molecule has 0 aliphatic carbocycles. The number of hydrogen-bond donors (Lipinski definition) is 2. The lowest BCUT2D eigenvalue weighted by atomic mass is 9.96. The molecule has 1 aromatic heterocycles. The Labute approximate surface area is 179 Å². The number of likely N-dealkylation sites (tertiary alicyclic amines) is 1. The summed E-state index contributed by atoms with van der Waals surface area (Å²) in [5.41, 5.74) is 2.58. The SMILES string of the molecule is C[C@@H](C(=O)N1CC(=O)Nc2ccccc21)[NH+]1CCC(c2nc3ccccc3s2)CC1. The van der Waals surface area contributed by atoms with Gasteiger partial charge in [-0.05, 0) is 31.2 Å². The second-order valence-corrected chi connectivity index (χ2v) is 9.23. The fourth-order valence-corrected chi connectivity index (χ4v) is 5.71. The predicted octanol–water partition coefficient (Wildman–Crippen LogP) is 2.43. The first kappa shape index (κ1) is 19.2. The number of aromatic nitrogens is 1. The van der Waals surface area contributed by atoms with Gasteiger partial charge in [-0.3, -0.25) is 14.5 Å². The summed E-state index contributed by atoms with van der Waals surface area (Å²) in [6.07, 6.45) is 2.06. The van der Waals surface area contributed by atoms with Crippen molar-refractivity contribution in [1.29, 1.82) is 0 Å². The third kappa shape index (κ3) is 3.48. The molecule has 3 heterocycles. The van der Waals surface area contributed by atoms with Crippen molar-refractivity contribution in [3.8, 4) is 0 Å². The molecule has 0 bridgehead atoms. The number of amides is 2. The molecule has 0 unspecified atom stereocenters. The summed E-state index contributed by atoms with van der Waals surface area (Å²) >= 11 is 1.79. The number of nitrogens with one attached hydrogen (secondary N) is 2. The van der Waals surface area contributed by atoms with Crippen molar-refractivity contribution >= 4 is 44.7 Å². The van der Waals surface area contributed by atoms with E-state index < -0.39 is 0 Å². The number of nitrogens with zero attached hydrogens (tertiary/aromatic N) is 2. The van der Waals surface area contributed by atoms with Gasteiger partial charge in [-0.25, -0.2) is 4.98 Å². The number of thiazole rings is 1. The first-order valence-electron chi connectivity index (χ1n) is 10.5. The zero-order valence-corrected chi connectivity index (χ0v) is 17.7. The average Bonchev–Trinajstić information content (AvgIpc) is 3.22. The smallest absolute Gasteiger partial charge is 0.285 e. The van der Waals surface area contributed by atoms with Crippen LogP contribution < -0.4 is 15.1 Å². The lowest BCUT2D eigenvalue weighted by molar-refractivity contribution is -0.919. The molecule has 2 aliphatic rings. The Bertz CT molecular complexity index is 1070. The molecule has 5 rings (SSSR count). The molecule has 1 atom stereocenters. The maximum Gasteiger partial charge on any atom is 0.285 e. The van der Waals surface area contributed by atoms with E-state index >= 15 is 0 Å². The summed E-state index contributed by atoms with van der Waals surface area (Å²) in [5, 5.41) is 4.07. The lowest BCUT2D eigenvalue weighted by Gasteiger charge is -2.36. The number of piperidine rings is 1. The van der Waals surface area contributed by atoms with Crippen molar-refractivity contribution in [3.05, 3.63) is 53.5 Å². The highest BCUT2D eigenvalue weighted by Crippen LogP contribution is 2.32. The molecule has 2 aliphatic heterocycles. The zero-order valence-electron chi connectivity index (χ0n) is 16.9. The largest absolute Gasteiger partial charge is 0.325 e. The number of anilines is 2. The van der Waals surface area contributed by atoms with Crippen LogP contribution in [0, 0.1) is 0 Å². The molecule has 7 heteroatoms. The van der Waals surface area contributed by atoms with Gasteiger partial charge in [0.25, 0.3) is 5.91 Å². The molecule has 2 amide bonds. The molecule has 0 spiro atoms. The first-order chi connectivity index (χ1) is 14.6. The number of carbonyl (C=O) groups is 2. The molecular formula is C23H25N4O2S+. The molecule has 2 N–H and O–H groups in total. The second kappa shape index (κ2) is 7.81. The van der Waals surface area contributed by atoms with E-state index in [0.717, 1.165) is 37.1 Å². The van der Waals surface area contributed by atoms with Gasteiger partial charge in [-0.15, -0.1) is 11.3 Å². The van der Waals surface area contributed by atoms with Crippen LogP contribution >= 0.6 is 11.3 Å². The van der Waals surface area contributed by atoms with Gasteiger partial charge in [0.2, 0.25) is 5.91 Å². The fourth-order valence-electron chi connectivity index (χ4n) is 4.57. The molecule has 0 radical (unpaired) electrons. The number of fused-ring (bicyclic) bond motifs is 2. The molecule has 1 fully saturated rings. The Hall–Kier alpha value is -2.77. The first-order valence-corrected chi connectivity index (χ1v) is 11.3. The van der Waals surface area contributed by atoms with Gasteiger partial charge in [-0.2, -0.15) is 0 Å². The minimum atomic E-state index is -0.180. The van der Waals surface area contributed by atoms with Crippen LogP contribution in [0.25, 0.3) is 10.2 Å².